The number of nitrogens with zero attached hydrogens (tertiary/aromatic N) is 4. The number of halogens is 1. The second kappa shape index (κ2) is 8.64. The molecule has 1 aromatic carbocycles. The molecule has 1 aliphatic heterocycles. The van der Waals surface area contributed by atoms with Crippen molar-refractivity contribution in [1.29, 1.82) is 0 Å². The molecule has 0 radical (unpaired) electrons. The number of nitrogen functional groups attached to an aromatic ring is 1. The molecule has 0 saturated carbocycles. The second-order valence-corrected chi connectivity index (χ2v) is 8.84. The SMILES string of the molecule is Cc1cccc(-c2nc(C(=O)Nc3cnn(C)c3N3CCC[C@@H](N)CC3)c(N)s2)c1F. The number of carbonyl (C=O) groups is 1. The summed E-state index contributed by atoms with van der Waals surface area (Å²) in [5.41, 5.74) is 13.7. The summed E-state index contributed by atoms with van der Waals surface area (Å²) in [6.45, 7) is 3.31. The summed E-state index contributed by atoms with van der Waals surface area (Å²) < 4.78 is 16.2. The van der Waals surface area contributed by atoms with Crippen molar-refractivity contribution in [3.05, 3.63) is 41.5 Å². The fourth-order valence-electron chi connectivity index (χ4n) is 3.83. The van der Waals surface area contributed by atoms with Crippen molar-refractivity contribution in [1.82, 2.24) is 14.8 Å². The highest BCUT2D eigenvalue weighted by atomic mass is 32.1. The van der Waals surface area contributed by atoms with E-state index in [0.717, 1.165) is 49.5 Å². The predicted octanol–water partition coefficient (Wildman–Crippen LogP) is 3.14. The van der Waals surface area contributed by atoms with E-state index in [-0.39, 0.29) is 22.6 Å². The smallest absolute Gasteiger partial charge is 0.277 e. The molecule has 0 unspecified atom stereocenters. The molecule has 1 fully saturated rings. The lowest BCUT2D eigenvalue weighted by Gasteiger charge is -2.24. The quantitative estimate of drug-likeness (QED) is 0.571. The van der Waals surface area contributed by atoms with Crippen LogP contribution in [0.4, 0.5) is 20.9 Å². The van der Waals surface area contributed by atoms with Crippen LogP contribution in [0.15, 0.2) is 24.4 Å². The van der Waals surface area contributed by atoms with Gasteiger partial charge in [-0.05, 0) is 37.8 Å². The van der Waals surface area contributed by atoms with Crippen LogP contribution >= 0.6 is 11.3 Å². The summed E-state index contributed by atoms with van der Waals surface area (Å²) in [6, 6.07) is 5.25. The molecule has 1 amide bonds. The lowest BCUT2D eigenvalue weighted by Crippen LogP contribution is -2.29. The first-order valence-electron chi connectivity index (χ1n) is 10.2. The van der Waals surface area contributed by atoms with Crippen LogP contribution in [-0.4, -0.2) is 39.8 Å². The van der Waals surface area contributed by atoms with Crippen molar-refractivity contribution >= 4 is 33.8 Å². The van der Waals surface area contributed by atoms with Crippen LogP contribution in [-0.2, 0) is 7.05 Å². The Kier molecular flexibility index (Phi) is 5.92. The third-order valence-electron chi connectivity index (χ3n) is 5.52. The molecular weight excluding hydrogens is 417 g/mol. The van der Waals surface area contributed by atoms with E-state index in [1.54, 1.807) is 36.0 Å². The Morgan fingerprint density at radius 2 is 2.13 bits per heavy atom. The second-order valence-electron chi connectivity index (χ2n) is 7.81. The molecule has 4 rings (SSSR count). The van der Waals surface area contributed by atoms with E-state index >= 15 is 0 Å². The molecule has 8 nitrogen and oxygen atoms in total. The van der Waals surface area contributed by atoms with Crippen molar-refractivity contribution < 1.29 is 9.18 Å². The topological polar surface area (TPSA) is 115 Å². The van der Waals surface area contributed by atoms with Crippen molar-refractivity contribution in [2.45, 2.75) is 32.2 Å². The highest BCUT2D eigenvalue weighted by molar-refractivity contribution is 7.19. The van der Waals surface area contributed by atoms with Gasteiger partial charge in [-0.3, -0.25) is 9.48 Å². The van der Waals surface area contributed by atoms with Crippen molar-refractivity contribution in [3.8, 4) is 10.6 Å². The van der Waals surface area contributed by atoms with E-state index in [0.29, 0.717) is 21.8 Å². The summed E-state index contributed by atoms with van der Waals surface area (Å²) in [4.78, 5) is 19.5. The van der Waals surface area contributed by atoms with Gasteiger partial charge in [0.05, 0.1) is 6.20 Å². The number of aryl methyl sites for hydroxylation is 2. The molecule has 0 aliphatic carbocycles. The maximum atomic E-state index is 14.5. The zero-order chi connectivity index (χ0) is 22.1. The van der Waals surface area contributed by atoms with Gasteiger partial charge in [0.25, 0.3) is 5.91 Å². The Bertz CT molecular complexity index is 1110. The highest BCUT2D eigenvalue weighted by Gasteiger charge is 2.24. The maximum absolute atomic E-state index is 14.5. The van der Waals surface area contributed by atoms with Gasteiger partial charge in [0.1, 0.15) is 21.5 Å². The molecule has 164 valence electrons. The Labute approximate surface area is 184 Å². The predicted molar refractivity (Wildman–Crippen MR) is 122 cm³/mol. The number of aromatic nitrogens is 3. The van der Waals surface area contributed by atoms with E-state index in [2.05, 4.69) is 20.3 Å². The fourth-order valence-corrected chi connectivity index (χ4v) is 4.68. The first kappa shape index (κ1) is 21.3. The van der Waals surface area contributed by atoms with Gasteiger partial charge < -0.3 is 21.7 Å². The number of carbonyl (C=O) groups excluding carboxylic acids is 1. The summed E-state index contributed by atoms with van der Waals surface area (Å²) in [5, 5.41) is 7.81. The van der Waals surface area contributed by atoms with E-state index in [1.165, 1.54) is 0 Å². The molecule has 1 saturated heterocycles. The van der Waals surface area contributed by atoms with Gasteiger partial charge in [-0.15, -0.1) is 0 Å². The molecule has 10 heteroatoms. The number of benzene rings is 1. The first-order chi connectivity index (χ1) is 14.8. The third kappa shape index (κ3) is 4.26. The summed E-state index contributed by atoms with van der Waals surface area (Å²) in [7, 11) is 1.84. The average molecular weight is 444 g/mol. The molecule has 31 heavy (non-hydrogen) atoms. The summed E-state index contributed by atoms with van der Waals surface area (Å²) in [5.74, 6) is 0.00663. The molecule has 1 atom stereocenters. The van der Waals surface area contributed by atoms with Gasteiger partial charge in [-0.1, -0.05) is 23.5 Å². The highest BCUT2D eigenvalue weighted by Crippen LogP contribution is 2.34. The molecular formula is C21H26FN7OS. The minimum Gasteiger partial charge on any atom is -0.389 e. The summed E-state index contributed by atoms with van der Waals surface area (Å²) >= 11 is 1.09. The zero-order valence-electron chi connectivity index (χ0n) is 17.6. The Hall–Kier alpha value is -2.98. The number of amides is 1. The van der Waals surface area contributed by atoms with Crippen LogP contribution in [0.1, 0.15) is 35.3 Å². The normalized spacial score (nSPS) is 16.9. The number of rotatable bonds is 4. The van der Waals surface area contributed by atoms with Gasteiger partial charge in [0.2, 0.25) is 0 Å². The molecule has 0 spiro atoms. The number of anilines is 3. The van der Waals surface area contributed by atoms with Gasteiger partial charge in [0, 0.05) is 31.7 Å². The Balaban J connectivity index is 1.59. The molecule has 1 aliphatic rings. The number of nitrogens with one attached hydrogen (secondary N) is 1. The number of hydrogen-bond donors (Lipinski definition) is 3. The average Bonchev–Trinajstić information content (AvgIpc) is 3.21. The molecule has 3 heterocycles. The van der Waals surface area contributed by atoms with Gasteiger partial charge in [0.15, 0.2) is 11.5 Å². The van der Waals surface area contributed by atoms with Crippen molar-refractivity contribution in [2.24, 2.45) is 12.8 Å². The van der Waals surface area contributed by atoms with Gasteiger partial charge >= 0.3 is 0 Å². The van der Waals surface area contributed by atoms with Crippen molar-refractivity contribution in [3.63, 3.8) is 0 Å². The fraction of sp³-hybridized carbons (Fsp3) is 0.381. The first-order valence-corrected chi connectivity index (χ1v) is 11.0. The van der Waals surface area contributed by atoms with E-state index in [4.69, 9.17) is 11.5 Å². The van der Waals surface area contributed by atoms with E-state index in [9.17, 15) is 9.18 Å². The van der Waals surface area contributed by atoms with Crippen LogP contribution in [0.5, 0.6) is 0 Å². The van der Waals surface area contributed by atoms with Gasteiger partial charge in [-0.25, -0.2) is 9.37 Å². The largest absolute Gasteiger partial charge is 0.389 e. The number of hydrogen-bond acceptors (Lipinski definition) is 7. The zero-order valence-corrected chi connectivity index (χ0v) is 18.4. The van der Waals surface area contributed by atoms with Crippen LogP contribution in [0.25, 0.3) is 10.6 Å². The molecule has 5 N–H and O–H groups in total. The monoisotopic (exact) mass is 443 g/mol. The molecule has 0 bridgehead atoms. The van der Waals surface area contributed by atoms with Crippen molar-refractivity contribution in [2.75, 3.05) is 29.0 Å². The summed E-state index contributed by atoms with van der Waals surface area (Å²) in [6.07, 6.45) is 4.44. The Morgan fingerprint density at radius 1 is 1.32 bits per heavy atom. The van der Waals surface area contributed by atoms with Gasteiger partial charge in [-0.2, -0.15) is 5.10 Å². The van der Waals surface area contributed by atoms with E-state index < -0.39 is 5.91 Å². The lowest BCUT2D eigenvalue weighted by atomic mass is 10.1. The van der Waals surface area contributed by atoms with Crippen LogP contribution in [0, 0.1) is 12.7 Å². The van der Waals surface area contributed by atoms with Crippen LogP contribution in [0.3, 0.4) is 0 Å². The molecule has 3 aromatic rings. The number of thiazole rings is 1. The van der Waals surface area contributed by atoms with Crippen LogP contribution in [0.2, 0.25) is 0 Å². The third-order valence-corrected chi connectivity index (χ3v) is 6.44. The standard InChI is InChI=1S/C21H26FN7OS/c1-12-5-3-7-14(16(12)22)20-27-17(18(24)31-20)19(30)26-15-11-25-28(2)21(15)29-9-4-6-13(23)8-10-29/h3,5,7,11,13H,4,6,8-10,23-24H2,1-2H3,(H,26,30)/t13-/m1/s1. The minimum absolute atomic E-state index is 0.0774. The molecule has 2 aromatic heterocycles. The van der Waals surface area contributed by atoms with Crippen LogP contribution < -0.4 is 21.7 Å². The number of nitrogens with two attached hydrogens (primary N) is 2. The lowest BCUT2D eigenvalue weighted by molar-refractivity contribution is 0.102. The van der Waals surface area contributed by atoms with E-state index in [1.807, 2.05) is 7.05 Å². The maximum Gasteiger partial charge on any atom is 0.277 e. The Morgan fingerprint density at radius 3 is 2.94 bits per heavy atom. The minimum atomic E-state index is -0.450.